The first-order valence-electron chi connectivity index (χ1n) is 13.9. The molecule has 5 rings (SSSR count). The Labute approximate surface area is 256 Å². The molecule has 1 aromatic heterocycles. The number of benzene rings is 3. The number of hydrogen-bond acceptors (Lipinski definition) is 4. The molecule has 3 aromatic carbocycles. The van der Waals surface area contributed by atoms with Gasteiger partial charge >= 0.3 is 0 Å². The molecule has 0 saturated heterocycles. The van der Waals surface area contributed by atoms with Gasteiger partial charge in [-0.1, -0.05) is 50.6 Å². The molecule has 1 aliphatic heterocycles. The van der Waals surface area contributed by atoms with Crippen molar-refractivity contribution in [3.63, 3.8) is 0 Å². The second-order valence-electron chi connectivity index (χ2n) is 12.0. The van der Waals surface area contributed by atoms with Crippen molar-refractivity contribution in [1.29, 1.82) is 0 Å². The third-order valence-electron chi connectivity index (χ3n) is 8.33. The topological polar surface area (TPSA) is 84.6 Å². The van der Waals surface area contributed by atoms with Gasteiger partial charge in [-0.15, -0.1) is 0 Å². The molecule has 0 fully saturated rings. The summed E-state index contributed by atoms with van der Waals surface area (Å²) in [7, 11) is -1.42. The van der Waals surface area contributed by atoms with Crippen LogP contribution in [0, 0.1) is 24.1 Å². The van der Waals surface area contributed by atoms with Gasteiger partial charge in [0.25, 0.3) is 21.5 Å². The minimum atomic E-state index is -4.39. The summed E-state index contributed by atoms with van der Waals surface area (Å²) in [6.07, 6.45) is 0.613. The zero-order valence-electron chi connectivity index (χ0n) is 24.9. The van der Waals surface area contributed by atoms with E-state index in [4.69, 9.17) is 11.6 Å². The van der Waals surface area contributed by atoms with Crippen molar-refractivity contribution < 1.29 is 17.6 Å². The van der Waals surface area contributed by atoms with Crippen molar-refractivity contribution in [2.45, 2.75) is 39.0 Å². The average molecular weight is 625 g/mol. The second-order valence-corrected chi connectivity index (χ2v) is 14.3. The van der Waals surface area contributed by atoms with Gasteiger partial charge in [0, 0.05) is 31.9 Å². The number of halogens is 2. The summed E-state index contributed by atoms with van der Waals surface area (Å²) < 4.78 is 46.1. The van der Waals surface area contributed by atoms with Gasteiger partial charge < -0.3 is 4.90 Å². The lowest BCUT2D eigenvalue weighted by atomic mass is 9.74. The number of hydrogen-bond donors (Lipinski definition) is 0. The Balaban J connectivity index is 1.56. The molecule has 43 heavy (non-hydrogen) atoms. The van der Waals surface area contributed by atoms with Gasteiger partial charge in [-0.2, -0.15) is 0 Å². The maximum absolute atomic E-state index is 14.2. The summed E-state index contributed by atoms with van der Waals surface area (Å²) in [6.45, 7) is 8.26. The molecule has 4 aromatic rings. The predicted octanol–water partition coefficient (Wildman–Crippen LogP) is 5.97. The van der Waals surface area contributed by atoms with Crippen LogP contribution >= 0.6 is 11.6 Å². The second kappa shape index (κ2) is 11.0. The van der Waals surface area contributed by atoms with Crippen LogP contribution < -0.4 is 14.8 Å². The molecule has 1 amide bonds. The molecule has 0 radical (unpaired) electrons. The zero-order valence-corrected chi connectivity index (χ0v) is 26.5. The number of carbonyl (C=O) groups excluding carboxylic acids is 1. The molecular weight excluding hydrogens is 591 g/mol. The molecule has 226 valence electrons. The Morgan fingerprint density at radius 1 is 1.05 bits per heavy atom. The summed E-state index contributed by atoms with van der Waals surface area (Å²) in [5.74, 6) is -0.772. The minimum Gasteiger partial charge on any atom is -0.308 e. The van der Waals surface area contributed by atoms with E-state index >= 15 is 0 Å². The lowest BCUT2D eigenvalue weighted by Crippen LogP contribution is -2.44. The normalized spacial score (nSPS) is 15.3. The highest BCUT2D eigenvalue weighted by molar-refractivity contribution is 7.93. The van der Waals surface area contributed by atoms with Gasteiger partial charge in [0.1, 0.15) is 16.4 Å². The van der Waals surface area contributed by atoms with Gasteiger partial charge in [-0.25, -0.2) is 17.5 Å². The van der Waals surface area contributed by atoms with E-state index in [2.05, 4.69) is 20.8 Å². The molecule has 0 bridgehead atoms. The average Bonchev–Trinajstić information content (AvgIpc) is 3.18. The van der Waals surface area contributed by atoms with Crippen LogP contribution in [0.5, 0.6) is 0 Å². The number of sulfonamides is 1. The van der Waals surface area contributed by atoms with E-state index in [0.717, 1.165) is 9.87 Å². The van der Waals surface area contributed by atoms with Gasteiger partial charge in [0.15, 0.2) is 0 Å². The van der Waals surface area contributed by atoms with E-state index in [1.807, 2.05) is 6.07 Å². The third-order valence-corrected chi connectivity index (χ3v) is 10.6. The smallest absolute Gasteiger partial charge is 0.296 e. The highest BCUT2D eigenvalue weighted by atomic mass is 35.5. The molecule has 0 saturated carbocycles. The van der Waals surface area contributed by atoms with Crippen LogP contribution in [0.15, 0.2) is 76.4 Å². The van der Waals surface area contributed by atoms with Crippen molar-refractivity contribution in [2.75, 3.05) is 22.8 Å². The lowest BCUT2D eigenvalue weighted by molar-refractivity contribution is 0.0969. The molecule has 0 N–H and O–H groups in total. The zero-order chi connectivity index (χ0) is 31.4. The van der Waals surface area contributed by atoms with Crippen LogP contribution in [0.4, 0.5) is 15.8 Å². The van der Waals surface area contributed by atoms with E-state index in [0.29, 0.717) is 30.0 Å². The summed E-state index contributed by atoms with van der Waals surface area (Å²) in [6, 6.07) is 17.3. The standard InChI is InChI=1S/C32H34ClFN4O4S/c1-20-29(31(40)38(35(20)5)25-10-8-7-9-11-25)36(6)43(41,42)28-18-21(12-14-26(28)33)30(39)37-19-23(32(2,3)4)16-22-17-24(34)13-15-27(22)37/h7-15,17-18,23H,16,19H2,1-6H3. The van der Waals surface area contributed by atoms with Crippen LogP contribution in [0.3, 0.4) is 0 Å². The maximum atomic E-state index is 14.2. The quantitative estimate of drug-likeness (QED) is 0.274. The molecule has 1 aliphatic rings. The molecular formula is C32H34ClFN4O4S. The highest BCUT2D eigenvalue weighted by Gasteiger charge is 2.36. The fourth-order valence-corrected chi connectivity index (χ4v) is 7.32. The number of nitrogens with zero attached hydrogens (tertiary/aromatic N) is 4. The van der Waals surface area contributed by atoms with Gasteiger partial charge in [0.05, 0.1) is 16.4 Å². The lowest BCUT2D eigenvalue weighted by Gasteiger charge is -2.40. The van der Waals surface area contributed by atoms with Crippen molar-refractivity contribution in [3.8, 4) is 5.69 Å². The van der Waals surface area contributed by atoms with Crippen LogP contribution in [-0.2, 0) is 23.5 Å². The van der Waals surface area contributed by atoms with Crippen LogP contribution in [0.1, 0.15) is 42.4 Å². The van der Waals surface area contributed by atoms with E-state index in [1.54, 1.807) is 53.9 Å². The molecule has 1 unspecified atom stereocenters. The van der Waals surface area contributed by atoms with E-state index in [-0.39, 0.29) is 38.3 Å². The largest absolute Gasteiger partial charge is 0.308 e. The summed E-state index contributed by atoms with van der Waals surface area (Å²) >= 11 is 6.44. The monoisotopic (exact) mass is 624 g/mol. The number of aromatic nitrogens is 2. The Morgan fingerprint density at radius 2 is 1.72 bits per heavy atom. The Bertz CT molecular complexity index is 1890. The number of para-hydroxylation sites is 1. The Hall–Kier alpha value is -3.89. The number of fused-ring (bicyclic) bond motifs is 1. The summed E-state index contributed by atoms with van der Waals surface area (Å²) in [4.78, 5) is 28.8. The first-order valence-corrected chi connectivity index (χ1v) is 15.7. The molecule has 0 spiro atoms. The first kappa shape index (κ1) is 30.6. The third kappa shape index (κ3) is 5.38. The van der Waals surface area contributed by atoms with E-state index in [1.165, 1.54) is 42.1 Å². The van der Waals surface area contributed by atoms with Crippen molar-refractivity contribution in [3.05, 3.63) is 105 Å². The van der Waals surface area contributed by atoms with Crippen LogP contribution in [-0.4, -0.2) is 37.3 Å². The number of amides is 1. The summed E-state index contributed by atoms with van der Waals surface area (Å²) in [5.41, 5.74) is 1.68. The van der Waals surface area contributed by atoms with E-state index in [9.17, 15) is 22.4 Å². The molecule has 11 heteroatoms. The van der Waals surface area contributed by atoms with E-state index < -0.39 is 21.5 Å². The van der Waals surface area contributed by atoms with Crippen molar-refractivity contribution >= 4 is 38.9 Å². The van der Waals surface area contributed by atoms with Crippen molar-refractivity contribution in [2.24, 2.45) is 18.4 Å². The fourth-order valence-electron chi connectivity index (χ4n) is 5.58. The van der Waals surface area contributed by atoms with Crippen LogP contribution in [0.25, 0.3) is 5.69 Å². The Kier molecular flexibility index (Phi) is 7.81. The molecule has 2 heterocycles. The van der Waals surface area contributed by atoms with Crippen molar-refractivity contribution in [1.82, 2.24) is 9.36 Å². The highest BCUT2D eigenvalue weighted by Crippen LogP contribution is 2.39. The Morgan fingerprint density at radius 3 is 2.37 bits per heavy atom. The number of carbonyl (C=O) groups is 1. The van der Waals surface area contributed by atoms with Gasteiger partial charge in [0.2, 0.25) is 0 Å². The first-order chi connectivity index (χ1) is 20.1. The SMILES string of the molecule is Cc1c(N(C)S(=O)(=O)c2cc(C(=O)N3CC(C(C)(C)C)Cc4cc(F)ccc43)ccc2Cl)c(=O)n(-c2ccccc2)n1C. The molecule has 0 aliphatic carbocycles. The molecule has 1 atom stereocenters. The fraction of sp³-hybridized carbons (Fsp3) is 0.312. The molecule has 8 nitrogen and oxygen atoms in total. The predicted molar refractivity (Wildman–Crippen MR) is 168 cm³/mol. The summed E-state index contributed by atoms with van der Waals surface area (Å²) in [5, 5.41) is -0.0888. The maximum Gasteiger partial charge on any atom is 0.296 e. The van der Waals surface area contributed by atoms with Gasteiger partial charge in [-0.3, -0.25) is 18.6 Å². The van der Waals surface area contributed by atoms with Gasteiger partial charge in [-0.05, 0) is 78.8 Å². The van der Waals surface area contributed by atoms with Crippen LogP contribution in [0.2, 0.25) is 5.02 Å². The number of rotatable bonds is 5. The minimum absolute atomic E-state index is 0.0419. The number of anilines is 2.